The van der Waals surface area contributed by atoms with E-state index in [4.69, 9.17) is 4.74 Å². The third-order valence-electron chi connectivity index (χ3n) is 4.41. The molecule has 2 atom stereocenters. The van der Waals surface area contributed by atoms with E-state index in [1.165, 1.54) is 58.0 Å². The zero-order chi connectivity index (χ0) is 12.6. The summed E-state index contributed by atoms with van der Waals surface area (Å²) in [7, 11) is 0. The van der Waals surface area contributed by atoms with Gasteiger partial charge in [-0.2, -0.15) is 0 Å². The molecule has 0 radical (unpaired) electrons. The molecule has 0 spiro atoms. The van der Waals surface area contributed by atoms with E-state index < -0.39 is 0 Å². The third-order valence-corrected chi connectivity index (χ3v) is 4.41. The average molecular weight is 254 g/mol. The maximum Gasteiger partial charge on any atom is 0.0588 e. The second-order valence-electron chi connectivity index (χ2n) is 5.91. The van der Waals surface area contributed by atoms with Gasteiger partial charge in [-0.1, -0.05) is 6.42 Å². The standard InChI is InChI=1S/C15H30N2O/c1-14-6-2-3-11-17(14)12-5-9-16-10-8-15-7-4-13-18-15/h14-16H,2-13H2,1H3. The Morgan fingerprint density at radius 2 is 2.11 bits per heavy atom. The van der Waals surface area contributed by atoms with E-state index in [-0.39, 0.29) is 0 Å². The lowest BCUT2D eigenvalue weighted by Crippen LogP contribution is -2.39. The van der Waals surface area contributed by atoms with E-state index in [1.807, 2.05) is 0 Å². The van der Waals surface area contributed by atoms with Crippen LogP contribution in [0.2, 0.25) is 0 Å². The van der Waals surface area contributed by atoms with Crippen molar-refractivity contribution < 1.29 is 4.74 Å². The molecule has 2 unspecified atom stereocenters. The summed E-state index contributed by atoms with van der Waals surface area (Å²) in [6.07, 6.45) is 9.78. The first-order valence-corrected chi connectivity index (χ1v) is 7.92. The lowest BCUT2D eigenvalue weighted by Gasteiger charge is -2.33. The molecule has 0 aliphatic carbocycles. The monoisotopic (exact) mass is 254 g/mol. The minimum Gasteiger partial charge on any atom is -0.378 e. The summed E-state index contributed by atoms with van der Waals surface area (Å²) < 4.78 is 5.62. The van der Waals surface area contributed by atoms with E-state index >= 15 is 0 Å². The van der Waals surface area contributed by atoms with Gasteiger partial charge in [0.2, 0.25) is 0 Å². The van der Waals surface area contributed by atoms with Gasteiger partial charge in [0, 0.05) is 12.6 Å². The molecular formula is C15H30N2O. The molecule has 0 bridgehead atoms. The highest BCUT2D eigenvalue weighted by molar-refractivity contribution is 4.73. The summed E-state index contributed by atoms with van der Waals surface area (Å²) in [5.41, 5.74) is 0. The van der Waals surface area contributed by atoms with Crippen molar-refractivity contribution in [2.24, 2.45) is 0 Å². The van der Waals surface area contributed by atoms with Gasteiger partial charge in [0.25, 0.3) is 0 Å². The number of piperidine rings is 1. The van der Waals surface area contributed by atoms with Crippen LogP contribution in [0.15, 0.2) is 0 Å². The molecule has 2 rings (SSSR count). The molecule has 2 aliphatic heterocycles. The van der Waals surface area contributed by atoms with E-state index in [9.17, 15) is 0 Å². The van der Waals surface area contributed by atoms with Crippen molar-refractivity contribution in [3.63, 3.8) is 0 Å². The van der Waals surface area contributed by atoms with Crippen LogP contribution in [0, 0.1) is 0 Å². The van der Waals surface area contributed by atoms with Crippen LogP contribution in [-0.2, 0) is 4.74 Å². The third kappa shape index (κ3) is 4.87. The van der Waals surface area contributed by atoms with Crippen LogP contribution in [0.5, 0.6) is 0 Å². The Labute approximate surface area is 112 Å². The maximum absolute atomic E-state index is 5.62. The van der Waals surface area contributed by atoms with Gasteiger partial charge in [-0.3, -0.25) is 0 Å². The zero-order valence-electron chi connectivity index (χ0n) is 12.0. The van der Waals surface area contributed by atoms with Gasteiger partial charge in [-0.15, -0.1) is 0 Å². The highest BCUT2D eigenvalue weighted by Crippen LogP contribution is 2.16. The molecule has 2 saturated heterocycles. The fourth-order valence-electron chi connectivity index (χ4n) is 3.16. The molecule has 1 N–H and O–H groups in total. The molecule has 2 fully saturated rings. The van der Waals surface area contributed by atoms with E-state index in [1.54, 1.807) is 0 Å². The normalized spacial score (nSPS) is 29.8. The Balaban J connectivity index is 1.43. The van der Waals surface area contributed by atoms with Gasteiger partial charge in [0.05, 0.1) is 6.10 Å². The largest absolute Gasteiger partial charge is 0.378 e. The summed E-state index contributed by atoms with van der Waals surface area (Å²) in [4.78, 5) is 2.66. The van der Waals surface area contributed by atoms with Crippen LogP contribution in [0.25, 0.3) is 0 Å². The van der Waals surface area contributed by atoms with Crippen molar-refractivity contribution in [1.29, 1.82) is 0 Å². The Kier molecular flexibility index (Phi) is 6.46. The predicted octanol–water partition coefficient (Wildman–Crippen LogP) is 2.41. The topological polar surface area (TPSA) is 24.5 Å². The van der Waals surface area contributed by atoms with Crippen LogP contribution in [0.4, 0.5) is 0 Å². The fraction of sp³-hybridized carbons (Fsp3) is 1.00. The average Bonchev–Trinajstić information content (AvgIpc) is 2.89. The predicted molar refractivity (Wildman–Crippen MR) is 76.0 cm³/mol. The molecule has 3 nitrogen and oxygen atoms in total. The van der Waals surface area contributed by atoms with Crippen molar-refractivity contribution in [3.8, 4) is 0 Å². The molecular weight excluding hydrogens is 224 g/mol. The first-order valence-electron chi connectivity index (χ1n) is 7.92. The van der Waals surface area contributed by atoms with E-state index in [0.29, 0.717) is 6.10 Å². The lowest BCUT2D eigenvalue weighted by atomic mass is 10.0. The van der Waals surface area contributed by atoms with Crippen LogP contribution in [0.1, 0.15) is 51.9 Å². The van der Waals surface area contributed by atoms with Gasteiger partial charge in [0.1, 0.15) is 0 Å². The smallest absolute Gasteiger partial charge is 0.0588 e. The second-order valence-corrected chi connectivity index (χ2v) is 5.91. The van der Waals surface area contributed by atoms with Crippen molar-refractivity contribution in [2.75, 3.05) is 32.8 Å². The zero-order valence-corrected chi connectivity index (χ0v) is 12.0. The quantitative estimate of drug-likeness (QED) is 0.706. The number of hydrogen-bond acceptors (Lipinski definition) is 3. The summed E-state index contributed by atoms with van der Waals surface area (Å²) in [5.74, 6) is 0. The van der Waals surface area contributed by atoms with Crippen LogP contribution >= 0.6 is 0 Å². The minimum atomic E-state index is 0.541. The van der Waals surface area contributed by atoms with Gasteiger partial charge < -0.3 is 15.0 Å². The molecule has 3 heteroatoms. The minimum absolute atomic E-state index is 0.541. The van der Waals surface area contributed by atoms with Gasteiger partial charge in [-0.05, 0) is 71.6 Å². The van der Waals surface area contributed by atoms with Crippen molar-refractivity contribution in [3.05, 3.63) is 0 Å². The van der Waals surface area contributed by atoms with Gasteiger partial charge in [0.15, 0.2) is 0 Å². The first-order chi connectivity index (χ1) is 8.86. The summed E-state index contributed by atoms with van der Waals surface area (Å²) in [6, 6.07) is 0.811. The molecule has 106 valence electrons. The number of hydrogen-bond donors (Lipinski definition) is 1. The number of nitrogens with zero attached hydrogens (tertiary/aromatic N) is 1. The van der Waals surface area contributed by atoms with E-state index in [2.05, 4.69) is 17.1 Å². The molecule has 18 heavy (non-hydrogen) atoms. The maximum atomic E-state index is 5.62. The summed E-state index contributed by atoms with van der Waals surface area (Å²) in [5, 5.41) is 3.56. The van der Waals surface area contributed by atoms with Crippen molar-refractivity contribution in [2.45, 2.75) is 64.0 Å². The molecule has 2 aliphatic rings. The van der Waals surface area contributed by atoms with Crippen molar-refractivity contribution in [1.82, 2.24) is 10.2 Å². The Morgan fingerprint density at radius 3 is 2.89 bits per heavy atom. The van der Waals surface area contributed by atoms with Gasteiger partial charge >= 0.3 is 0 Å². The van der Waals surface area contributed by atoms with Crippen LogP contribution in [-0.4, -0.2) is 49.8 Å². The molecule has 0 aromatic rings. The molecule has 0 saturated carbocycles. The highest BCUT2D eigenvalue weighted by Gasteiger charge is 2.17. The summed E-state index contributed by atoms with van der Waals surface area (Å²) >= 11 is 0. The SMILES string of the molecule is CC1CCCCN1CCCNCCC1CCCO1. The molecule has 0 aromatic carbocycles. The fourth-order valence-corrected chi connectivity index (χ4v) is 3.16. The number of rotatable bonds is 7. The molecule has 2 heterocycles. The summed E-state index contributed by atoms with van der Waals surface area (Å²) in [6.45, 7) is 8.24. The van der Waals surface area contributed by atoms with E-state index in [0.717, 1.165) is 25.7 Å². The Morgan fingerprint density at radius 1 is 1.17 bits per heavy atom. The van der Waals surface area contributed by atoms with Crippen LogP contribution in [0.3, 0.4) is 0 Å². The van der Waals surface area contributed by atoms with Crippen LogP contribution < -0.4 is 5.32 Å². The molecule has 0 amide bonds. The molecule has 0 aromatic heterocycles. The Bertz CT molecular complexity index is 217. The van der Waals surface area contributed by atoms with Crippen molar-refractivity contribution >= 4 is 0 Å². The second kappa shape index (κ2) is 8.13. The lowest BCUT2D eigenvalue weighted by molar-refractivity contribution is 0.104. The number of ether oxygens (including phenoxy) is 1. The first kappa shape index (κ1) is 14.3. The Hall–Kier alpha value is -0.120. The highest BCUT2D eigenvalue weighted by atomic mass is 16.5. The number of nitrogens with one attached hydrogen (secondary N) is 1. The number of likely N-dealkylation sites (tertiary alicyclic amines) is 1. The van der Waals surface area contributed by atoms with Gasteiger partial charge in [-0.25, -0.2) is 0 Å².